The molecule has 19 heteroatoms. The molecule has 0 radical (unpaired) electrons. The van der Waals surface area contributed by atoms with Crippen LogP contribution in [0.1, 0.15) is 169 Å². The normalized spacial score (nSPS) is 29.4. The average molecular weight is 1020 g/mol. The van der Waals surface area contributed by atoms with E-state index < -0.39 is 127 Å². The quantitative estimate of drug-likeness (QED) is 0.0239. The zero-order valence-corrected chi connectivity index (χ0v) is 43.4. The minimum atomic E-state index is -1.71. The number of methoxy groups -OCH3 is 1. The SMILES string of the molecule is C=C(CCC(CC1OC2(CC(O)CC(O)C(O)CCC(O)CC(O)CC(=O)O)CC(O)C3C(CC13C(=O)O)O2)OC(OC)C(O)C(N)C(C)O)[C@H](C)CCCCCCCCCCC(C)C(O)[C@@H](C)C(C)O. The van der Waals surface area contributed by atoms with E-state index in [4.69, 9.17) is 29.8 Å². The molecular weight excluding hydrogens is 927 g/mol. The number of carbonyl (C=O) groups is 2. The van der Waals surface area contributed by atoms with Gasteiger partial charge in [-0.2, -0.15) is 0 Å². The summed E-state index contributed by atoms with van der Waals surface area (Å²) in [4.78, 5) is 24.2. The van der Waals surface area contributed by atoms with Crippen molar-refractivity contribution < 1.29 is 89.8 Å². The molecule has 416 valence electrons. The highest BCUT2D eigenvalue weighted by Crippen LogP contribution is 2.63. The molecule has 5 rings (SSSR count). The van der Waals surface area contributed by atoms with Gasteiger partial charge in [-0.25, -0.2) is 0 Å². The summed E-state index contributed by atoms with van der Waals surface area (Å²) >= 11 is 0. The molecule has 4 bridgehead atoms. The fourth-order valence-electron chi connectivity index (χ4n) is 11.1. The third-order valence-electron chi connectivity index (χ3n) is 16.1. The van der Waals surface area contributed by atoms with Gasteiger partial charge in [0.25, 0.3) is 0 Å². The first-order valence-corrected chi connectivity index (χ1v) is 26.5. The Hall–Kier alpha value is -1.92. The first-order valence-electron chi connectivity index (χ1n) is 26.5. The van der Waals surface area contributed by atoms with E-state index in [0.29, 0.717) is 12.8 Å². The molecule has 21 atom stereocenters. The molecule has 0 aromatic rings. The molecule has 4 aliphatic heterocycles. The van der Waals surface area contributed by atoms with Crippen LogP contribution in [-0.2, 0) is 28.5 Å². The molecule has 19 unspecified atom stereocenters. The van der Waals surface area contributed by atoms with E-state index >= 15 is 0 Å². The van der Waals surface area contributed by atoms with Crippen molar-refractivity contribution in [2.24, 2.45) is 34.8 Å². The van der Waals surface area contributed by atoms with Gasteiger partial charge in [0, 0.05) is 44.6 Å². The second-order valence-corrected chi connectivity index (χ2v) is 21.9. The maximum Gasteiger partial charge on any atom is 0.312 e. The lowest BCUT2D eigenvalue weighted by molar-refractivity contribution is -0.313. The number of fused-ring (bicyclic) bond motifs is 1. The van der Waals surface area contributed by atoms with Crippen molar-refractivity contribution in [3.05, 3.63) is 12.2 Å². The van der Waals surface area contributed by atoms with E-state index in [-0.39, 0.29) is 69.1 Å². The van der Waals surface area contributed by atoms with Gasteiger partial charge in [-0.3, -0.25) is 9.59 Å². The molecule has 4 heterocycles. The van der Waals surface area contributed by atoms with Gasteiger partial charge in [-0.05, 0) is 77.0 Å². The Balaban J connectivity index is 1.65. The molecule has 1 saturated carbocycles. The first-order chi connectivity index (χ1) is 33.3. The number of aliphatic carboxylic acids is 2. The van der Waals surface area contributed by atoms with Gasteiger partial charge in [-0.1, -0.05) is 84.3 Å². The number of ether oxygens (including phenoxy) is 4. The second-order valence-electron chi connectivity index (χ2n) is 21.9. The lowest BCUT2D eigenvalue weighted by Crippen LogP contribution is -2.67. The van der Waals surface area contributed by atoms with Gasteiger partial charge in [0.05, 0.1) is 85.7 Å². The lowest BCUT2D eigenvalue weighted by Gasteiger charge is -2.56. The fraction of sp³-hybridized carbons (Fsp3) is 0.923. The number of carboxylic acids is 2. The molecule has 19 nitrogen and oxygen atoms in total. The van der Waals surface area contributed by atoms with Crippen LogP contribution in [0.3, 0.4) is 0 Å². The van der Waals surface area contributed by atoms with Crippen LogP contribution in [0.4, 0.5) is 0 Å². The minimum absolute atomic E-state index is 0.00760. The van der Waals surface area contributed by atoms with Crippen LogP contribution in [0.25, 0.3) is 0 Å². The van der Waals surface area contributed by atoms with E-state index in [9.17, 15) is 65.8 Å². The lowest BCUT2D eigenvalue weighted by atomic mass is 9.52. The van der Waals surface area contributed by atoms with Crippen molar-refractivity contribution in [2.75, 3.05) is 7.11 Å². The summed E-state index contributed by atoms with van der Waals surface area (Å²) < 4.78 is 25.0. The summed E-state index contributed by atoms with van der Waals surface area (Å²) in [6, 6.07) is -1.15. The predicted molar refractivity (Wildman–Crippen MR) is 262 cm³/mol. The molecular formula is C52H95NO18. The topological polar surface area (TPSA) is 340 Å². The number of unbranched alkanes of at least 4 members (excludes halogenated alkanes) is 7. The summed E-state index contributed by atoms with van der Waals surface area (Å²) in [5.41, 5.74) is 5.45. The van der Waals surface area contributed by atoms with Gasteiger partial charge >= 0.3 is 11.9 Å². The molecule has 71 heavy (non-hydrogen) atoms. The van der Waals surface area contributed by atoms with Crippen molar-refractivity contribution in [2.45, 2.75) is 267 Å². The van der Waals surface area contributed by atoms with Gasteiger partial charge in [0.1, 0.15) is 11.5 Å². The summed E-state index contributed by atoms with van der Waals surface area (Å²) in [7, 11) is 1.31. The van der Waals surface area contributed by atoms with Crippen molar-refractivity contribution >= 4 is 11.9 Å². The van der Waals surface area contributed by atoms with Crippen molar-refractivity contribution in [1.29, 1.82) is 0 Å². The Labute approximate surface area is 421 Å². The largest absolute Gasteiger partial charge is 0.481 e. The van der Waals surface area contributed by atoms with Crippen LogP contribution >= 0.6 is 0 Å². The third kappa shape index (κ3) is 18.7. The maximum absolute atomic E-state index is 13.4. The number of carboxylic acid groups (broad SMARTS) is 2. The molecule has 0 aromatic carbocycles. The number of hydrogen-bond acceptors (Lipinski definition) is 17. The average Bonchev–Trinajstić information content (AvgIpc) is 3.52. The number of rotatable bonds is 39. The number of nitrogens with two attached hydrogens (primary N) is 1. The van der Waals surface area contributed by atoms with E-state index in [1.54, 1.807) is 6.92 Å². The number of aliphatic hydroxyl groups excluding tert-OH is 10. The van der Waals surface area contributed by atoms with Crippen LogP contribution in [0, 0.1) is 29.1 Å². The van der Waals surface area contributed by atoms with Crippen LogP contribution in [0.15, 0.2) is 12.2 Å². The van der Waals surface area contributed by atoms with E-state index in [1.165, 1.54) is 14.0 Å². The summed E-state index contributed by atoms with van der Waals surface area (Å²) in [6.45, 7) is 13.6. The summed E-state index contributed by atoms with van der Waals surface area (Å²) in [5, 5.41) is 126. The Morgan fingerprint density at radius 3 is 1.87 bits per heavy atom. The minimum Gasteiger partial charge on any atom is -0.481 e. The van der Waals surface area contributed by atoms with Crippen LogP contribution in [0.2, 0.25) is 0 Å². The highest BCUT2D eigenvalue weighted by atomic mass is 16.7. The monoisotopic (exact) mass is 1020 g/mol. The standard InChI is InChI=1S/C52H95NO18/c1-29(16-14-12-10-8-9-11-13-15-17-31(3)47(64)32(4)33(5)54)30(2)18-20-38(69-49(68-7)48(65)46(53)34(6)55)25-43-52(50(66)67)28-42-45(52)41(61)27-51(70-42,71-43)26-37(58)23-40(60)39(59)21-19-35(56)22-36(57)24-44(62)63/h29,31-43,45-49,54-61,64-65H,2,8-28,53H2,1,3-7H3,(H,62,63)(H,66,67)/t29-,31?,32+,33?,34?,35?,36?,37?,38?,39?,40?,41?,42?,43?,45?,46?,47?,48?,49?,51?,52?/m1/s1. The van der Waals surface area contributed by atoms with Crippen molar-refractivity contribution in [3.8, 4) is 0 Å². The van der Waals surface area contributed by atoms with E-state index in [1.807, 2.05) is 13.8 Å². The molecule has 4 saturated heterocycles. The van der Waals surface area contributed by atoms with Gasteiger partial charge in [0.2, 0.25) is 0 Å². The molecule has 0 aromatic heterocycles. The first kappa shape index (κ1) is 63.4. The molecule has 5 fully saturated rings. The molecule has 14 N–H and O–H groups in total. The highest BCUT2D eigenvalue weighted by molar-refractivity contribution is 5.78. The number of allylic oxidation sites excluding steroid dienone is 1. The molecule has 0 spiro atoms. The van der Waals surface area contributed by atoms with Crippen LogP contribution in [0.5, 0.6) is 0 Å². The van der Waals surface area contributed by atoms with Crippen LogP contribution in [-0.4, -0.2) is 178 Å². The van der Waals surface area contributed by atoms with Gasteiger partial charge < -0.3 is 86.0 Å². The predicted octanol–water partition coefficient (Wildman–Crippen LogP) is 3.26. The van der Waals surface area contributed by atoms with E-state index in [2.05, 4.69) is 13.5 Å². The zero-order chi connectivity index (χ0) is 53.4. The van der Waals surface area contributed by atoms with Crippen molar-refractivity contribution in [1.82, 2.24) is 0 Å². The Bertz CT molecular complexity index is 1560. The number of aliphatic hydroxyl groups is 10. The summed E-state index contributed by atoms with van der Waals surface area (Å²) in [6.07, 6.45) is -6.16. The fourth-order valence-corrected chi connectivity index (χ4v) is 11.1. The smallest absolute Gasteiger partial charge is 0.312 e. The van der Waals surface area contributed by atoms with Gasteiger partial charge in [0.15, 0.2) is 12.1 Å². The van der Waals surface area contributed by atoms with E-state index in [0.717, 1.165) is 69.8 Å². The Morgan fingerprint density at radius 2 is 1.32 bits per heavy atom. The zero-order valence-electron chi connectivity index (χ0n) is 43.4. The van der Waals surface area contributed by atoms with Crippen LogP contribution < -0.4 is 5.73 Å². The molecule has 0 amide bonds. The van der Waals surface area contributed by atoms with Gasteiger partial charge in [-0.15, -0.1) is 0 Å². The molecule has 1 aliphatic carbocycles. The Morgan fingerprint density at radius 1 is 0.718 bits per heavy atom. The molecule has 5 aliphatic rings. The Kier molecular flexibility index (Phi) is 26.8. The van der Waals surface area contributed by atoms with Crippen molar-refractivity contribution in [3.63, 3.8) is 0 Å². The summed E-state index contributed by atoms with van der Waals surface area (Å²) in [5.74, 6) is -4.86. The third-order valence-corrected chi connectivity index (χ3v) is 16.1. The number of hydrogen-bond donors (Lipinski definition) is 13. The maximum atomic E-state index is 13.4. The highest BCUT2D eigenvalue weighted by Gasteiger charge is 2.74. The second kappa shape index (κ2) is 30.0.